The molecule has 1 rings (SSSR count). The molecule has 0 aromatic heterocycles. The van der Waals surface area contributed by atoms with Gasteiger partial charge < -0.3 is 0 Å². The summed E-state index contributed by atoms with van der Waals surface area (Å²) in [6, 6.07) is 6.85. The molecule has 0 fully saturated rings. The molecule has 0 bridgehead atoms. The van der Waals surface area contributed by atoms with Crippen molar-refractivity contribution in [3.05, 3.63) is 54.6 Å². The summed E-state index contributed by atoms with van der Waals surface area (Å²) < 4.78 is 23.9. The van der Waals surface area contributed by atoms with Crippen molar-refractivity contribution >= 4 is 9.84 Å². The van der Waals surface area contributed by atoms with Crippen molar-refractivity contribution in [3.63, 3.8) is 0 Å². The Balaban J connectivity index is 2.90. The highest BCUT2D eigenvalue weighted by atomic mass is 32.2. The van der Waals surface area contributed by atoms with Crippen molar-refractivity contribution in [1.82, 2.24) is 0 Å². The second-order valence-corrected chi connectivity index (χ2v) is 5.80. The van der Waals surface area contributed by atoms with Crippen molar-refractivity contribution in [2.45, 2.75) is 18.2 Å². The van der Waals surface area contributed by atoms with E-state index in [0.29, 0.717) is 16.9 Å². The predicted molar refractivity (Wildman–Crippen MR) is 67.2 cm³/mol. The van der Waals surface area contributed by atoms with Gasteiger partial charge in [-0.3, -0.25) is 0 Å². The quantitative estimate of drug-likeness (QED) is 0.737. The van der Waals surface area contributed by atoms with Crippen LogP contribution in [0.2, 0.25) is 0 Å². The Morgan fingerprint density at radius 3 is 2.38 bits per heavy atom. The molecule has 0 unspecified atom stereocenters. The summed E-state index contributed by atoms with van der Waals surface area (Å²) in [6.07, 6.45) is 2.19. The van der Waals surface area contributed by atoms with Gasteiger partial charge in [-0.2, -0.15) is 0 Å². The number of sulfone groups is 1. The highest BCUT2D eigenvalue weighted by molar-refractivity contribution is 7.91. The Labute approximate surface area is 97.2 Å². The number of benzene rings is 1. The van der Waals surface area contributed by atoms with E-state index in [1.54, 1.807) is 30.3 Å². The fourth-order valence-corrected chi connectivity index (χ4v) is 2.73. The van der Waals surface area contributed by atoms with E-state index in [1.807, 2.05) is 6.92 Å². The molecular weight excluding hydrogens is 220 g/mol. The van der Waals surface area contributed by atoms with Crippen LogP contribution in [0.3, 0.4) is 0 Å². The molecule has 1 aromatic rings. The lowest BCUT2D eigenvalue weighted by molar-refractivity contribution is 0.598. The Morgan fingerprint density at radius 1 is 1.31 bits per heavy atom. The summed E-state index contributed by atoms with van der Waals surface area (Å²) in [5, 5.41) is 0. The molecule has 0 saturated heterocycles. The molecule has 0 heterocycles. The largest absolute Gasteiger partial charge is 0.223 e. The van der Waals surface area contributed by atoms with Crippen LogP contribution in [0.5, 0.6) is 0 Å². The minimum atomic E-state index is -3.25. The van der Waals surface area contributed by atoms with Crippen molar-refractivity contribution in [2.24, 2.45) is 0 Å². The van der Waals surface area contributed by atoms with Gasteiger partial charge in [0.15, 0.2) is 9.84 Å². The monoisotopic (exact) mass is 236 g/mol. The van der Waals surface area contributed by atoms with E-state index in [9.17, 15) is 8.42 Å². The second kappa shape index (κ2) is 5.12. The lowest BCUT2D eigenvalue weighted by Crippen LogP contribution is -2.08. The Morgan fingerprint density at radius 2 is 1.88 bits per heavy atom. The second-order valence-electron chi connectivity index (χ2n) is 3.81. The number of aryl methyl sites for hydroxylation is 1. The number of rotatable bonds is 5. The van der Waals surface area contributed by atoms with Gasteiger partial charge >= 0.3 is 0 Å². The molecule has 0 radical (unpaired) electrons. The average Bonchev–Trinajstić information content (AvgIpc) is 2.17. The molecule has 0 atom stereocenters. The van der Waals surface area contributed by atoms with Crippen molar-refractivity contribution in [1.29, 1.82) is 0 Å². The molecular formula is C13H16O2S. The van der Waals surface area contributed by atoms with Gasteiger partial charge in [-0.1, -0.05) is 35.9 Å². The highest BCUT2D eigenvalue weighted by Crippen LogP contribution is 2.15. The van der Waals surface area contributed by atoms with Crippen molar-refractivity contribution < 1.29 is 8.42 Å². The van der Waals surface area contributed by atoms with Crippen LogP contribution < -0.4 is 0 Å². The molecule has 0 saturated carbocycles. The average molecular weight is 236 g/mol. The third-order valence-corrected chi connectivity index (χ3v) is 3.99. The summed E-state index contributed by atoms with van der Waals surface area (Å²) in [5.41, 5.74) is 1.71. The molecule has 1 aromatic carbocycles. The zero-order valence-electron chi connectivity index (χ0n) is 9.44. The van der Waals surface area contributed by atoms with Gasteiger partial charge in [0, 0.05) is 0 Å². The summed E-state index contributed by atoms with van der Waals surface area (Å²) in [6.45, 7) is 9.21. The Hall–Kier alpha value is -1.35. The molecule has 86 valence electrons. The molecule has 16 heavy (non-hydrogen) atoms. The Bertz CT molecular complexity index is 481. The fourth-order valence-electron chi connectivity index (χ4n) is 1.36. The van der Waals surface area contributed by atoms with E-state index in [0.717, 1.165) is 5.56 Å². The van der Waals surface area contributed by atoms with Crippen LogP contribution in [-0.4, -0.2) is 14.2 Å². The van der Waals surface area contributed by atoms with Gasteiger partial charge in [-0.25, -0.2) is 8.42 Å². The SMILES string of the molecule is C=CCC(=C)CS(=O)(=O)c1ccc(C)cc1. The normalized spacial score (nSPS) is 11.1. The van der Waals surface area contributed by atoms with Gasteiger partial charge in [0.1, 0.15) is 0 Å². The Kier molecular flexibility index (Phi) is 4.07. The van der Waals surface area contributed by atoms with Gasteiger partial charge in [0.25, 0.3) is 0 Å². The lowest BCUT2D eigenvalue weighted by atomic mass is 10.2. The van der Waals surface area contributed by atoms with Crippen LogP contribution in [0.4, 0.5) is 0 Å². The maximum atomic E-state index is 11.9. The summed E-state index contributed by atoms with van der Waals surface area (Å²) >= 11 is 0. The van der Waals surface area contributed by atoms with E-state index in [2.05, 4.69) is 13.2 Å². The van der Waals surface area contributed by atoms with E-state index >= 15 is 0 Å². The maximum absolute atomic E-state index is 11.9. The fraction of sp³-hybridized carbons (Fsp3) is 0.231. The third kappa shape index (κ3) is 3.35. The van der Waals surface area contributed by atoms with Crippen LogP contribution in [0.15, 0.2) is 54.0 Å². The maximum Gasteiger partial charge on any atom is 0.182 e. The molecule has 0 N–H and O–H groups in total. The van der Waals surface area contributed by atoms with E-state index in [4.69, 9.17) is 0 Å². The van der Waals surface area contributed by atoms with Gasteiger partial charge in [0.2, 0.25) is 0 Å². The number of hydrogen-bond donors (Lipinski definition) is 0. The van der Waals surface area contributed by atoms with Crippen LogP contribution in [0.25, 0.3) is 0 Å². The zero-order valence-corrected chi connectivity index (χ0v) is 10.3. The van der Waals surface area contributed by atoms with Crippen LogP contribution in [0.1, 0.15) is 12.0 Å². The van der Waals surface area contributed by atoms with Crippen LogP contribution in [-0.2, 0) is 9.84 Å². The third-order valence-electron chi connectivity index (χ3n) is 2.21. The van der Waals surface area contributed by atoms with Crippen molar-refractivity contribution in [2.75, 3.05) is 5.75 Å². The van der Waals surface area contributed by atoms with Gasteiger partial charge in [-0.15, -0.1) is 6.58 Å². The molecule has 0 aliphatic heterocycles. The minimum Gasteiger partial charge on any atom is -0.223 e. The minimum absolute atomic E-state index is 0.0118. The van der Waals surface area contributed by atoms with Gasteiger partial charge in [-0.05, 0) is 25.5 Å². The lowest BCUT2D eigenvalue weighted by Gasteiger charge is -2.05. The smallest absolute Gasteiger partial charge is 0.182 e. The van der Waals surface area contributed by atoms with E-state index in [-0.39, 0.29) is 5.75 Å². The summed E-state index contributed by atoms with van der Waals surface area (Å²) in [5.74, 6) is -0.0118. The first-order chi connectivity index (χ1) is 7.45. The highest BCUT2D eigenvalue weighted by Gasteiger charge is 2.14. The standard InChI is InChI=1S/C13H16O2S/c1-4-5-12(3)10-16(14,15)13-8-6-11(2)7-9-13/h4,6-9H,1,3,5,10H2,2H3. The number of hydrogen-bond acceptors (Lipinski definition) is 2. The predicted octanol–water partition coefficient (Wildman–Crippen LogP) is 2.90. The topological polar surface area (TPSA) is 34.1 Å². The first kappa shape index (κ1) is 12.7. The van der Waals surface area contributed by atoms with Crippen molar-refractivity contribution in [3.8, 4) is 0 Å². The molecule has 0 aliphatic carbocycles. The first-order valence-electron chi connectivity index (χ1n) is 5.02. The van der Waals surface area contributed by atoms with Gasteiger partial charge in [0.05, 0.1) is 10.6 Å². The summed E-state index contributed by atoms with van der Waals surface area (Å²) in [7, 11) is -3.25. The molecule has 0 aliphatic rings. The molecule has 0 amide bonds. The van der Waals surface area contributed by atoms with Crippen LogP contribution in [0, 0.1) is 6.92 Å². The first-order valence-corrected chi connectivity index (χ1v) is 6.68. The number of allylic oxidation sites excluding steroid dienone is 1. The molecule has 2 nitrogen and oxygen atoms in total. The van der Waals surface area contributed by atoms with Crippen LogP contribution >= 0.6 is 0 Å². The van der Waals surface area contributed by atoms with E-state index in [1.165, 1.54) is 0 Å². The zero-order chi connectivity index (χ0) is 12.2. The summed E-state index contributed by atoms with van der Waals surface area (Å²) in [4.78, 5) is 0.350. The molecule has 3 heteroatoms. The van der Waals surface area contributed by atoms with E-state index < -0.39 is 9.84 Å². The molecule has 0 spiro atoms.